The number of piperazine rings is 1. The first-order valence-corrected chi connectivity index (χ1v) is 10.7. The second-order valence-corrected chi connectivity index (χ2v) is 8.24. The van der Waals surface area contributed by atoms with E-state index in [-0.39, 0.29) is 23.6 Å². The summed E-state index contributed by atoms with van der Waals surface area (Å²) in [6.45, 7) is 2.15. The third-order valence-corrected chi connectivity index (χ3v) is 6.14. The average molecular weight is 461 g/mol. The monoisotopic (exact) mass is 460 g/mol. The topological polar surface area (TPSA) is 23.6 Å². The van der Waals surface area contributed by atoms with Gasteiger partial charge in [0.25, 0.3) is 5.91 Å². The van der Waals surface area contributed by atoms with E-state index in [0.29, 0.717) is 41.8 Å². The second kappa shape index (κ2) is 9.35. The molecule has 0 bridgehead atoms. The van der Waals surface area contributed by atoms with Crippen LogP contribution in [0.3, 0.4) is 0 Å². The number of benzene rings is 3. The van der Waals surface area contributed by atoms with E-state index >= 15 is 0 Å². The smallest absolute Gasteiger partial charge is 0.256 e. The molecule has 7 heteroatoms. The van der Waals surface area contributed by atoms with Crippen molar-refractivity contribution in [3.8, 4) is 0 Å². The maximum atomic E-state index is 13.5. The fourth-order valence-electron chi connectivity index (χ4n) is 3.95. The van der Waals surface area contributed by atoms with Crippen LogP contribution in [0.4, 0.5) is 8.78 Å². The quantitative estimate of drug-likeness (QED) is 0.489. The molecular formula is C24H20Cl2F2N2O. The van der Waals surface area contributed by atoms with E-state index in [1.807, 2.05) is 0 Å². The third-order valence-electron chi connectivity index (χ3n) is 5.51. The third kappa shape index (κ3) is 4.74. The van der Waals surface area contributed by atoms with Crippen LogP contribution in [0, 0.1) is 11.6 Å². The Morgan fingerprint density at radius 3 is 1.65 bits per heavy atom. The summed E-state index contributed by atoms with van der Waals surface area (Å²) in [6, 6.07) is 17.5. The lowest BCUT2D eigenvalue weighted by Gasteiger charge is -2.40. The van der Waals surface area contributed by atoms with Gasteiger partial charge >= 0.3 is 0 Å². The van der Waals surface area contributed by atoms with Gasteiger partial charge in [0.2, 0.25) is 0 Å². The number of halogens is 4. The molecule has 4 rings (SSSR count). The molecule has 0 spiro atoms. The Bertz CT molecular complexity index is 1000. The fraction of sp³-hybridized carbons (Fsp3) is 0.208. The molecule has 0 radical (unpaired) electrons. The normalized spacial score (nSPS) is 14.8. The Morgan fingerprint density at radius 1 is 0.742 bits per heavy atom. The molecule has 160 valence electrons. The molecule has 0 aromatic heterocycles. The molecule has 0 atom stereocenters. The molecule has 0 aliphatic carbocycles. The fourth-order valence-corrected chi connectivity index (χ4v) is 4.51. The first kappa shape index (κ1) is 21.8. The van der Waals surface area contributed by atoms with Crippen LogP contribution in [-0.2, 0) is 0 Å². The largest absolute Gasteiger partial charge is 0.336 e. The maximum absolute atomic E-state index is 13.5. The first-order chi connectivity index (χ1) is 14.9. The highest BCUT2D eigenvalue weighted by Crippen LogP contribution is 2.31. The molecule has 3 nitrogen and oxygen atoms in total. The highest BCUT2D eigenvalue weighted by Gasteiger charge is 2.30. The van der Waals surface area contributed by atoms with E-state index in [0.717, 1.165) is 11.1 Å². The lowest BCUT2D eigenvalue weighted by atomic mass is 9.96. The minimum absolute atomic E-state index is 0.178. The van der Waals surface area contributed by atoms with Gasteiger partial charge in [0.05, 0.1) is 21.7 Å². The summed E-state index contributed by atoms with van der Waals surface area (Å²) in [5.41, 5.74) is 2.12. The Kier molecular flexibility index (Phi) is 6.56. The molecule has 0 unspecified atom stereocenters. The number of nitrogens with zero attached hydrogens (tertiary/aromatic N) is 2. The van der Waals surface area contributed by atoms with Crippen molar-refractivity contribution in [3.63, 3.8) is 0 Å². The van der Waals surface area contributed by atoms with Crippen LogP contribution in [0.5, 0.6) is 0 Å². The van der Waals surface area contributed by atoms with E-state index in [4.69, 9.17) is 23.2 Å². The van der Waals surface area contributed by atoms with Crippen molar-refractivity contribution in [3.05, 3.63) is 105 Å². The van der Waals surface area contributed by atoms with Crippen LogP contribution < -0.4 is 0 Å². The van der Waals surface area contributed by atoms with Crippen LogP contribution >= 0.6 is 23.2 Å². The number of rotatable bonds is 4. The van der Waals surface area contributed by atoms with Crippen LogP contribution in [0.25, 0.3) is 0 Å². The van der Waals surface area contributed by atoms with Gasteiger partial charge < -0.3 is 4.90 Å². The maximum Gasteiger partial charge on any atom is 0.256 e. The molecule has 31 heavy (non-hydrogen) atoms. The number of hydrogen-bond donors (Lipinski definition) is 0. The van der Waals surface area contributed by atoms with Gasteiger partial charge in [-0.3, -0.25) is 9.69 Å². The van der Waals surface area contributed by atoms with Crippen LogP contribution in [0.1, 0.15) is 27.5 Å². The lowest BCUT2D eigenvalue weighted by Crippen LogP contribution is -2.50. The molecule has 1 aliphatic heterocycles. The molecule has 1 fully saturated rings. The summed E-state index contributed by atoms with van der Waals surface area (Å²) in [5.74, 6) is -0.822. The van der Waals surface area contributed by atoms with Gasteiger partial charge in [0.1, 0.15) is 11.6 Å². The predicted octanol–water partition coefficient (Wildman–Crippen LogP) is 5.82. The summed E-state index contributed by atoms with van der Waals surface area (Å²) < 4.78 is 27.0. The lowest BCUT2D eigenvalue weighted by molar-refractivity contribution is 0.0597. The van der Waals surface area contributed by atoms with Gasteiger partial charge in [-0.05, 0) is 47.5 Å². The van der Waals surface area contributed by atoms with Gasteiger partial charge in [-0.15, -0.1) is 0 Å². The molecule has 3 aromatic rings. The highest BCUT2D eigenvalue weighted by atomic mass is 35.5. The van der Waals surface area contributed by atoms with Crippen molar-refractivity contribution >= 4 is 29.1 Å². The second-order valence-electron chi connectivity index (χ2n) is 7.43. The average Bonchev–Trinajstić information content (AvgIpc) is 2.77. The van der Waals surface area contributed by atoms with Crippen molar-refractivity contribution in [2.24, 2.45) is 0 Å². The zero-order chi connectivity index (χ0) is 22.0. The molecule has 1 heterocycles. The Labute approximate surface area is 189 Å². The van der Waals surface area contributed by atoms with Crippen molar-refractivity contribution in [2.75, 3.05) is 26.2 Å². The zero-order valence-electron chi connectivity index (χ0n) is 16.6. The Balaban J connectivity index is 1.56. The van der Waals surface area contributed by atoms with E-state index in [9.17, 15) is 13.6 Å². The number of amides is 1. The molecular weight excluding hydrogens is 441 g/mol. The van der Waals surface area contributed by atoms with Crippen molar-refractivity contribution in [2.45, 2.75) is 6.04 Å². The number of hydrogen-bond acceptors (Lipinski definition) is 2. The molecule has 3 aromatic carbocycles. The Hall–Kier alpha value is -2.47. The van der Waals surface area contributed by atoms with Gasteiger partial charge in [-0.1, -0.05) is 53.5 Å². The summed E-state index contributed by atoms with van der Waals surface area (Å²) in [4.78, 5) is 16.9. The van der Waals surface area contributed by atoms with Crippen molar-refractivity contribution in [1.82, 2.24) is 9.80 Å². The van der Waals surface area contributed by atoms with Crippen molar-refractivity contribution < 1.29 is 13.6 Å². The van der Waals surface area contributed by atoms with Crippen LogP contribution in [-0.4, -0.2) is 41.9 Å². The zero-order valence-corrected chi connectivity index (χ0v) is 18.1. The van der Waals surface area contributed by atoms with Crippen LogP contribution in [0.2, 0.25) is 10.0 Å². The van der Waals surface area contributed by atoms with Gasteiger partial charge in [-0.25, -0.2) is 8.78 Å². The molecule has 1 aliphatic rings. The molecule has 0 N–H and O–H groups in total. The van der Waals surface area contributed by atoms with E-state index in [1.165, 1.54) is 24.3 Å². The minimum Gasteiger partial charge on any atom is -0.336 e. The molecule has 1 saturated heterocycles. The number of carbonyl (C=O) groups is 1. The highest BCUT2D eigenvalue weighted by molar-refractivity contribution is 6.39. The predicted molar refractivity (Wildman–Crippen MR) is 119 cm³/mol. The van der Waals surface area contributed by atoms with E-state index < -0.39 is 0 Å². The van der Waals surface area contributed by atoms with Gasteiger partial charge in [0, 0.05) is 26.2 Å². The number of carbonyl (C=O) groups excluding carboxylic acids is 1. The van der Waals surface area contributed by atoms with E-state index in [2.05, 4.69) is 4.90 Å². The first-order valence-electron chi connectivity index (χ1n) is 9.92. The van der Waals surface area contributed by atoms with Gasteiger partial charge in [-0.2, -0.15) is 0 Å². The van der Waals surface area contributed by atoms with Crippen LogP contribution in [0.15, 0.2) is 66.7 Å². The summed E-state index contributed by atoms with van der Waals surface area (Å²) in [7, 11) is 0. The summed E-state index contributed by atoms with van der Waals surface area (Å²) in [6.07, 6.45) is 0. The SMILES string of the molecule is O=C(c1c(Cl)cccc1Cl)N1CCN(C(c2ccc(F)cc2)c2ccc(F)cc2)CC1. The standard InChI is InChI=1S/C24H20Cl2F2N2O/c25-20-2-1-3-21(26)22(20)24(31)30-14-12-29(13-15-30)23(16-4-8-18(27)9-5-16)17-6-10-19(28)11-7-17/h1-11,23H,12-15H2. The minimum atomic E-state index is -0.311. The van der Waals surface area contributed by atoms with Crippen molar-refractivity contribution in [1.29, 1.82) is 0 Å². The molecule has 0 saturated carbocycles. The summed E-state index contributed by atoms with van der Waals surface area (Å²) in [5, 5.41) is 0.658. The van der Waals surface area contributed by atoms with E-state index in [1.54, 1.807) is 47.4 Å². The summed E-state index contributed by atoms with van der Waals surface area (Å²) >= 11 is 12.4. The van der Waals surface area contributed by atoms with Gasteiger partial charge in [0.15, 0.2) is 0 Å². The Morgan fingerprint density at radius 2 is 1.19 bits per heavy atom. The molecule has 1 amide bonds.